The molecule has 0 saturated carbocycles. The molecule has 0 fully saturated rings. The number of hydrogen-bond acceptors (Lipinski definition) is 3. The minimum absolute atomic E-state index is 0.547. The van der Waals surface area contributed by atoms with Gasteiger partial charge in [-0.05, 0) is 61.0 Å². The second kappa shape index (κ2) is 7.40. The van der Waals surface area contributed by atoms with Crippen molar-refractivity contribution in [1.29, 1.82) is 0 Å². The largest absolute Gasteiger partial charge is 0.273 e. The van der Waals surface area contributed by atoms with Crippen molar-refractivity contribution in [3.05, 3.63) is 80.4 Å². The molecule has 0 unspecified atom stereocenters. The molecule has 4 nitrogen and oxygen atoms in total. The molecule has 5 aromatic rings. The molecule has 0 aliphatic rings. The molecule has 0 bridgehead atoms. The van der Waals surface area contributed by atoms with E-state index in [1.807, 2.05) is 35.6 Å². The van der Waals surface area contributed by atoms with Gasteiger partial charge in [0.25, 0.3) is 0 Å². The van der Waals surface area contributed by atoms with E-state index in [0.717, 1.165) is 22.3 Å². The molecule has 0 aliphatic carbocycles. The summed E-state index contributed by atoms with van der Waals surface area (Å²) in [5.41, 5.74) is 5.35. The highest BCUT2D eigenvalue weighted by molar-refractivity contribution is 6.36. The molecule has 0 amide bonds. The highest BCUT2D eigenvalue weighted by atomic mass is 35.5. The fourth-order valence-corrected chi connectivity index (χ4v) is 4.26. The Morgan fingerprint density at radius 1 is 0.733 bits per heavy atom. The summed E-state index contributed by atoms with van der Waals surface area (Å²) in [5.74, 6) is 0.643. The third-order valence-corrected chi connectivity index (χ3v) is 6.03. The van der Waals surface area contributed by atoms with Crippen LogP contribution in [0.1, 0.15) is 5.69 Å². The molecule has 30 heavy (non-hydrogen) atoms. The Hall–Kier alpha value is -2.37. The van der Waals surface area contributed by atoms with Crippen molar-refractivity contribution in [3.8, 4) is 22.5 Å². The van der Waals surface area contributed by atoms with Gasteiger partial charge in [-0.25, -0.2) is 4.98 Å². The van der Waals surface area contributed by atoms with E-state index in [-0.39, 0.29) is 0 Å². The zero-order valence-corrected chi connectivity index (χ0v) is 18.5. The molecular formula is C22H12Cl4N4. The monoisotopic (exact) mass is 472 g/mol. The zero-order valence-electron chi connectivity index (χ0n) is 15.5. The van der Waals surface area contributed by atoms with Crippen molar-refractivity contribution in [1.82, 2.24) is 19.6 Å². The summed E-state index contributed by atoms with van der Waals surface area (Å²) in [6.07, 6.45) is 0. The van der Waals surface area contributed by atoms with Gasteiger partial charge >= 0.3 is 0 Å². The maximum absolute atomic E-state index is 6.48. The molecule has 0 N–H and O–H groups in total. The van der Waals surface area contributed by atoms with Crippen molar-refractivity contribution in [2.24, 2.45) is 0 Å². The maximum atomic E-state index is 6.48. The average molecular weight is 474 g/mol. The Labute approximate surface area is 192 Å². The molecule has 0 spiro atoms. The van der Waals surface area contributed by atoms with Gasteiger partial charge in [-0.2, -0.15) is 0 Å². The van der Waals surface area contributed by atoms with Crippen LogP contribution in [0.3, 0.4) is 0 Å². The maximum Gasteiger partial charge on any atom is 0.183 e. The van der Waals surface area contributed by atoms with Crippen LogP contribution in [0.5, 0.6) is 0 Å². The minimum Gasteiger partial charge on any atom is -0.273 e. The number of fused-ring (bicyclic) bond motifs is 3. The smallest absolute Gasteiger partial charge is 0.183 e. The number of imidazole rings is 1. The van der Waals surface area contributed by atoms with E-state index in [9.17, 15) is 0 Å². The van der Waals surface area contributed by atoms with Gasteiger partial charge in [-0.1, -0.05) is 52.5 Å². The predicted octanol–water partition coefficient (Wildman–Crippen LogP) is 7.53. The summed E-state index contributed by atoms with van der Waals surface area (Å²) in [4.78, 5) is 4.72. The third kappa shape index (κ3) is 3.21. The number of nitrogens with zero attached hydrogens (tertiary/aromatic N) is 4. The molecule has 0 aliphatic heterocycles. The van der Waals surface area contributed by atoms with Crippen LogP contribution in [0.15, 0.2) is 54.6 Å². The molecule has 3 aromatic carbocycles. The van der Waals surface area contributed by atoms with E-state index < -0.39 is 0 Å². The zero-order chi connectivity index (χ0) is 21.0. The first kappa shape index (κ1) is 19.6. The fourth-order valence-electron chi connectivity index (χ4n) is 3.49. The molecule has 5 rings (SSSR count). The Balaban J connectivity index is 1.86. The second-order valence-electron chi connectivity index (χ2n) is 6.83. The van der Waals surface area contributed by atoms with Gasteiger partial charge in [0.1, 0.15) is 11.3 Å². The molecular weight excluding hydrogens is 462 g/mol. The summed E-state index contributed by atoms with van der Waals surface area (Å²) >= 11 is 25.3. The van der Waals surface area contributed by atoms with E-state index in [4.69, 9.17) is 51.4 Å². The number of aryl methyl sites for hydroxylation is 1. The van der Waals surface area contributed by atoms with Crippen LogP contribution in [0, 0.1) is 6.92 Å². The van der Waals surface area contributed by atoms with Crippen LogP contribution in [0.25, 0.3) is 39.2 Å². The average Bonchev–Trinajstić information content (AvgIpc) is 3.08. The van der Waals surface area contributed by atoms with Gasteiger partial charge in [0, 0.05) is 26.2 Å². The molecule has 8 heteroatoms. The SMILES string of the molecule is Cc1nc(-c2cc(Cl)ccc2Cl)n2c1nnc1ccc(-c3cc(Cl)ccc3Cl)cc12. The van der Waals surface area contributed by atoms with Crippen LogP contribution >= 0.6 is 46.4 Å². The lowest BCUT2D eigenvalue weighted by Gasteiger charge is -2.10. The lowest BCUT2D eigenvalue weighted by Crippen LogP contribution is -1.98. The molecule has 0 radical (unpaired) electrons. The molecule has 148 valence electrons. The summed E-state index contributed by atoms with van der Waals surface area (Å²) in [5, 5.41) is 11.1. The lowest BCUT2D eigenvalue weighted by molar-refractivity contribution is 1.04. The van der Waals surface area contributed by atoms with Crippen LogP contribution in [0.2, 0.25) is 20.1 Å². The van der Waals surface area contributed by atoms with E-state index in [1.54, 1.807) is 30.3 Å². The minimum atomic E-state index is 0.547. The van der Waals surface area contributed by atoms with E-state index in [1.165, 1.54) is 0 Å². The van der Waals surface area contributed by atoms with Crippen LogP contribution < -0.4 is 0 Å². The number of halogens is 4. The highest BCUT2D eigenvalue weighted by Gasteiger charge is 2.18. The molecule has 2 heterocycles. The Bertz CT molecular complexity index is 1460. The van der Waals surface area contributed by atoms with Crippen molar-refractivity contribution in [3.63, 3.8) is 0 Å². The van der Waals surface area contributed by atoms with Crippen molar-refractivity contribution in [2.45, 2.75) is 6.92 Å². The lowest BCUT2D eigenvalue weighted by atomic mass is 10.0. The Kier molecular flexibility index (Phi) is 4.83. The van der Waals surface area contributed by atoms with Gasteiger partial charge in [0.05, 0.1) is 16.2 Å². The van der Waals surface area contributed by atoms with Gasteiger partial charge in [0.15, 0.2) is 5.65 Å². The van der Waals surface area contributed by atoms with Crippen molar-refractivity contribution < 1.29 is 0 Å². The van der Waals surface area contributed by atoms with E-state index in [2.05, 4.69) is 10.2 Å². The van der Waals surface area contributed by atoms with Crippen molar-refractivity contribution in [2.75, 3.05) is 0 Å². The first-order chi connectivity index (χ1) is 14.4. The fraction of sp³-hybridized carbons (Fsp3) is 0.0455. The third-order valence-electron chi connectivity index (χ3n) is 4.90. The molecule has 0 atom stereocenters. The summed E-state index contributed by atoms with van der Waals surface area (Å²) in [6.45, 7) is 1.88. The quantitative estimate of drug-likeness (QED) is 0.266. The van der Waals surface area contributed by atoms with Gasteiger partial charge in [-0.15, -0.1) is 10.2 Å². The van der Waals surface area contributed by atoms with Gasteiger partial charge in [0.2, 0.25) is 0 Å². The highest BCUT2D eigenvalue weighted by Crippen LogP contribution is 2.35. The van der Waals surface area contributed by atoms with Crippen molar-refractivity contribution >= 4 is 63.1 Å². The van der Waals surface area contributed by atoms with E-state index in [0.29, 0.717) is 42.6 Å². The Morgan fingerprint density at radius 3 is 2.13 bits per heavy atom. The summed E-state index contributed by atoms with van der Waals surface area (Å²) in [7, 11) is 0. The van der Waals surface area contributed by atoms with E-state index >= 15 is 0 Å². The second-order valence-corrected chi connectivity index (χ2v) is 8.52. The molecule has 2 aromatic heterocycles. The first-order valence-electron chi connectivity index (χ1n) is 8.99. The number of benzene rings is 3. The predicted molar refractivity (Wildman–Crippen MR) is 124 cm³/mol. The number of aromatic nitrogens is 4. The topological polar surface area (TPSA) is 43.1 Å². The van der Waals surface area contributed by atoms with Crippen LogP contribution in [-0.4, -0.2) is 19.6 Å². The van der Waals surface area contributed by atoms with Crippen LogP contribution in [-0.2, 0) is 0 Å². The number of hydrogen-bond donors (Lipinski definition) is 0. The summed E-state index contributed by atoms with van der Waals surface area (Å²) in [6, 6.07) is 16.5. The van der Waals surface area contributed by atoms with Gasteiger partial charge in [-0.3, -0.25) is 4.40 Å². The van der Waals surface area contributed by atoms with Gasteiger partial charge < -0.3 is 0 Å². The Morgan fingerprint density at radius 2 is 1.40 bits per heavy atom. The first-order valence-corrected chi connectivity index (χ1v) is 10.5. The normalized spacial score (nSPS) is 11.5. The number of rotatable bonds is 2. The molecule has 0 saturated heterocycles. The van der Waals surface area contributed by atoms with Crippen LogP contribution in [0.4, 0.5) is 0 Å². The summed E-state index contributed by atoms with van der Waals surface area (Å²) < 4.78 is 1.94. The standard InChI is InChI=1S/C22H12Cl4N4/c1-11-21-29-28-19-7-2-12(15-9-13(23)3-5-17(15)25)8-20(19)30(21)22(27-11)16-10-14(24)4-6-18(16)26/h2-10H,1H3.